The summed E-state index contributed by atoms with van der Waals surface area (Å²) in [7, 11) is 0. The smallest absolute Gasteiger partial charge is 0.550 e. The van der Waals surface area contributed by atoms with Crippen molar-refractivity contribution in [3.63, 3.8) is 0 Å². The fraction of sp³-hybridized carbons (Fsp3) is 0.273. The van der Waals surface area contributed by atoms with Crippen LogP contribution in [-0.2, 0) is 16.8 Å². The maximum atomic E-state index is 11.4. The van der Waals surface area contributed by atoms with Crippen molar-refractivity contribution in [3.05, 3.63) is 112 Å². The number of benzene rings is 3. The van der Waals surface area contributed by atoms with E-state index in [9.17, 15) is 15.0 Å². The Morgan fingerprint density at radius 3 is 2.55 bits per heavy atom. The molecule has 1 N–H and O–H groups in total. The summed E-state index contributed by atoms with van der Waals surface area (Å²) in [5.41, 5.74) is 4.94. The quantitative estimate of drug-likeness (QED) is 0.270. The van der Waals surface area contributed by atoms with Crippen LogP contribution < -0.4 is 34.7 Å². The van der Waals surface area contributed by atoms with Gasteiger partial charge in [-0.25, -0.2) is 4.98 Å². The monoisotopic (exact) mass is 581 g/mol. The van der Waals surface area contributed by atoms with Crippen LogP contribution in [0.15, 0.2) is 78.9 Å². The maximum Gasteiger partial charge on any atom is 1.00 e. The third kappa shape index (κ3) is 8.94. The number of aliphatic carboxylic acids is 1. The molecule has 0 saturated carbocycles. The van der Waals surface area contributed by atoms with Crippen molar-refractivity contribution >= 4 is 52.4 Å². The molecule has 0 amide bonds. The van der Waals surface area contributed by atoms with Crippen LogP contribution in [0.2, 0.25) is 5.02 Å². The number of rotatable bonds is 11. The molecule has 0 saturated heterocycles. The third-order valence-electron chi connectivity index (χ3n) is 6.71. The summed E-state index contributed by atoms with van der Waals surface area (Å²) >= 11 is 7.78. The number of carboxylic acids is 1. The largest absolute Gasteiger partial charge is 1.00 e. The van der Waals surface area contributed by atoms with Crippen LogP contribution in [0.4, 0.5) is 0 Å². The Bertz CT molecular complexity index is 1480. The molecule has 4 rings (SSSR count). The molecule has 1 heterocycles. The predicted molar refractivity (Wildman–Crippen MR) is 162 cm³/mol. The predicted octanol–water partition coefficient (Wildman–Crippen LogP) is 4.08. The summed E-state index contributed by atoms with van der Waals surface area (Å²) in [6.07, 6.45) is 5.59. The molecule has 7 heteroatoms. The Hall–Kier alpha value is -2.12. The van der Waals surface area contributed by atoms with E-state index in [4.69, 9.17) is 16.6 Å². The molecule has 0 aliphatic carbocycles. The number of halogens is 1. The summed E-state index contributed by atoms with van der Waals surface area (Å²) in [6.45, 7) is 5.29. The number of nitrogens with zero attached hydrogens (tertiary/aromatic N) is 1. The molecule has 4 aromatic rings. The third-order valence-corrected chi connectivity index (χ3v) is 8.54. The summed E-state index contributed by atoms with van der Waals surface area (Å²) in [4.78, 5) is 16.1. The van der Waals surface area contributed by atoms with E-state index >= 15 is 0 Å². The molecule has 0 bridgehead atoms. The number of thioether (sulfide) groups is 1. The minimum absolute atomic E-state index is 0. The number of hydrogen-bond donors (Lipinski definition) is 1. The van der Waals surface area contributed by atoms with Crippen LogP contribution in [0.25, 0.3) is 23.1 Å². The minimum atomic E-state index is -1.03. The van der Waals surface area contributed by atoms with Gasteiger partial charge in [0.2, 0.25) is 0 Å². The van der Waals surface area contributed by atoms with Gasteiger partial charge in [-0.2, -0.15) is 11.8 Å². The van der Waals surface area contributed by atoms with Gasteiger partial charge in [-0.1, -0.05) is 85.3 Å². The van der Waals surface area contributed by atoms with Crippen molar-refractivity contribution in [2.45, 2.75) is 44.5 Å². The first kappa shape index (κ1) is 32.4. The summed E-state index contributed by atoms with van der Waals surface area (Å²) in [5.74, 6) is -1.12. The first-order valence-electron chi connectivity index (χ1n) is 13.1. The second-order valence-electron chi connectivity index (χ2n) is 10.4. The van der Waals surface area contributed by atoms with Crippen molar-refractivity contribution in [3.8, 4) is 0 Å². The van der Waals surface area contributed by atoms with Crippen LogP contribution in [0.5, 0.6) is 0 Å². The molecule has 3 aromatic carbocycles. The summed E-state index contributed by atoms with van der Waals surface area (Å²) in [6, 6.07) is 26.0. The number of aliphatic hydroxyl groups is 1. The molecule has 1 aromatic heterocycles. The zero-order valence-electron chi connectivity index (χ0n) is 23.4. The maximum absolute atomic E-state index is 11.4. The normalized spacial score (nSPS) is 13.2. The van der Waals surface area contributed by atoms with Gasteiger partial charge >= 0.3 is 29.6 Å². The zero-order chi connectivity index (χ0) is 28.0. The van der Waals surface area contributed by atoms with Crippen molar-refractivity contribution in [1.82, 2.24) is 4.98 Å². The molecular weight excluding hydrogens is 549 g/mol. The average molecular weight is 582 g/mol. The van der Waals surface area contributed by atoms with E-state index in [2.05, 4.69) is 18.2 Å². The van der Waals surface area contributed by atoms with Crippen LogP contribution >= 0.6 is 23.4 Å². The number of carbonyl (C=O) groups is 1. The van der Waals surface area contributed by atoms with Gasteiger partial charge in [-0.3, -0.25) is 0 Å². The van der Waals surface area contributed by atoms with E-state index in [0.717, 1.165) is 51.7 Å². The van der Waals surface area contributed by atoms with Crippen LogP contribution in [0.1, 0.15) is 60.4 Å². The Morgan fingerprint density at radius 1 is 1.05 bits per heavy atom. The van der Waals surface area contributed by atoms with Crippen LogP contribution in [0, 0.1) is 5.92 Å². The van der Waals surface area contributed by atoms with Gasteiger partial charge in [0, 0.05) is 33.3 Å². The molecule has 0 unspecified atom stereocenters. The number of carboxylic acid groups (broad SMARTS) is 1. The summed E-state index contributed by atoms with van der Waals surface area (Å²) < 4.78 is 0. The fourth-order valence-electron chi connectivity index (χ4n) is 4.54. The molecule has 202 valence electrons. The van der Waals surface area contributed by atoms with Gasteiger partial charge in [-0.05, 0) is 73.2 Å². The number of aromatic nitrogens is 1. The summed E-state index contributed by atoms with van der Waals surface area (Å²) in [5, 5.41) is 23.8. The Labute approximate surface area is 268 Å². The first-order chi connectivity index (χ1) is 18.6. The molecule has 0 aliphatic rings. The molecule has 2 atom stereocenters. The topological polar surface area (TPSA) is 73.2 Å². The van der Waals surface area contributed by atoms with E-state index in [1.165, 1.54) is 0 Å². The molecule has 0 spiro atoms. The number of carbonyl (C=O) groups excluding carboxylic acids is 1. The van der Waals surface area contributed by atoms with Gasteiger partial charge in [0.25, 0.3) is 0 Å². The van der Waals surface area contributed by atoms with Gasteiger partial charge in [0.15, 0.2) is 0 Å². The average Bonchev–Trinajstić information content (AvgIpc) is 2.91. The standard InChI is InChI=1S/C33H34ClNO3S.Na/c1-22(32(36)37)21-39-31(18-14-24-8-4-5-10-29(24)33(2,3)38)26-9-6-7-23(19-26)11-16-28-17-13-25-12-15-27(34)20-30(25)35-28;/h4-13,15-17,19-20,22,31,38H,14,18,21H2,1-3H3,(H,36,37);/q;+1/p-1/t22-,31-;/m0./s1. The Kier molecular flexibility index (Phi) is 11.9. The Morgan fingerprint density at radius 2 is 1.80 bits per heavy atom. The van der Waals surface area contributed by atoms with Gasteiger partial charge in [0.05, 0.1) is 16.8 Å². The number of fused-ring (bicyclic) bond motifs is 1. The van der Waals surface area contributed by atoms with Gasteiger partial charge in [-0.15, -0.1) is 0 Å². The van der Waals surface area contributed by atoms with E-state index in [0.29, 0.717) is 10.8 Å². The van der Waals surface area contributed by atoms with E-state index in [1.54, 1.807) is 32.5 Å². The van der Waals surface area contributed by atoms with E-state index in [1.807, 2.05) is 72.8 Å². The minimum Gasteiger partial charge on any atom is -0.550 e. The molecule has 0 fully saturated rings. The van der Waals surface area contributed by atoms with Gasteiger partial charge in [0.1, 0.15) is 0 Å². The van der Waals surface area contributed by atoms with Crippen molar-refractivity contribution in [2.24, 2.45) is 5.92 Å². The number of aryl methyl sites for hydroxylation is 1. The van der Waals surface area contributed by atoms with Crippen molar-refractivity contribution in [1.29, 1.82) is 0 Å². The zero-order valence-corrected chi connectivity index (χ0v) is 27.0. The second kappa shape index (κ2) is 14.7. The SMILES string of the molecule is C[C@@H](CS[C@@H](CCc1ccccc1C(C)(C)O)c1cccc(C=Cc2ccc3ccc(Cl)cc3n2)c1)C(=O)[O-].[Na+]. The fourth-order valence-corrected chi connectivity index (χ4v) is 5.99. The van der Waals surface area contributed by atoms with Crippen LogP contribution in [0.3, 0.4) is 0 Å². The van der Waals surface area contributed by atoms with Crippen molar-refractivity contribution < 1.29 is 44.6 Å². The molecule has 4 nitrogen and oxygen atoms in total. The van der Waals surface area contributed by atoms with E-state index in [-0.39, 0.29) is 34.8 Å². The molecule has 0 aliphatic heterocycles. The van der Waals surface area contributed by atoms with Gasteiger partial charge < -0.3 is 15.0 Å². The first-order valence-corrected chi connectivity index (χ1v) is 14.5. The molecular formula is C33H33ClNNaO3S. The second-order valence-corrected chi connectivity index (χ2v) is 12.0. The number of pyridine rings is 1. The molecule has 40 heavy (non-hydrogen) atoms. The van der Waals surface area contributed by atoms with E-state index < -0.39 is 17.5 Å². The Balaban J connectivity index is 0.00000441. The van der Waals surface area contributed by atoms with Crippen LogP contribution in [-0.4, -0.2) is 21.8 Å². The molecule has 0 radical (unpaired) electrons. The van der Waals surface area contributed by atoms with Crippen molar-refractivity contribution in [2.75, 3.05) is 5.75 Å². The number of hydrogen-bond acceptors (Lipinski definition) is 5.